The molecule has 0 aliphatic heterocycles. The van der Waals surface area contributed by atoms with Crippen molar-refractivity contribution < 1.29 is 13.2 Å². The standard InChI is InChI=1S/C15H19ClN4O3S3/c1-10(2)9-24-15-19-18-14(25-15)17-13(21)8-20(26(3,22)23)12-6-4-5-11(16)7-12/h4-7,10H,8-9H2,1-3H3,(H,17,18,21). The highest BCUT2D eigenvalue weighted by Crippen LogP contribution is 2.27. The van der Waals surface area contributed by atoms with Gasteiger partial charge in [-0.1, -0.05) is 54.6 Å². The first kappa shape index (κ1) is 20.9. The van der Waals surface area contributed by atoms with Crippen molar-refractivity contribution in [3.63, 3.8) is 0 Å². The smallest absolute Gasteiger partial charge is 0.246 e. The van der Waals surface area contributed by atoms with Crippen LogP contribution in [0.5, 0.6) is 0 Å². The molecule has 11 heteroatoms. The van der Waals surface area contributed by atoms with Crippen molar-refractivity contribution in [3.8, 4) is 0 Å². The van der Waals surface area contributed by atoms with Crippen molar-refractivity contribution in [1.29, 1.82) is 0 Å². The Morgan fingerprint density at radius 3 is 2.73 bits per heavy atom. The van der Waals surface area contributed by atoms with Crippen molar-refractivity contribution >= 4 is 61.4 Å². The highest BCUT2D eigenvalue weighted by Gasteiger charge is 2.22. The van der Waals surface area contributed by atoms with Crippen LogP contribution in [0.4, 0.5) is 10.8 Å². The maximum atomic E-state index is 12.3. The number of hydrogen-bond donors (Lipinski definition) is 1. The maximum absolute atomic E-state index is 12.3. The van der Waals surface area contributed by atoms with Crippen LogP contribution in [0.15, 0.2) is 28.6 Å². The fraction of sp³-hybridized carbons (Fsp3) is 0.400. The molecule has 0 unspecified atom stereocenters. The van der Waals surface area contributed by atoms with E-state index in [-0.39, 0.29) is 6.54 Å². The number of thioether (sulfide) groups is 1. The largest absolute Gasteiger partial charge is 0.299 e. The van der Waals surface area contributed by atoms with E-state index in [0.717, 1.165) is 20.7 Å². The molecule has 1 N–H and O–H groups in total. The van der Waals surface area contributed by atoms with Gasteiger partial charge in [-0.3, -0.25) is 14.4 Å². The molecular weight excluding hydrogens is 416 g/mol. The first-order valence-electron chi connectivity index (χ1n) is 7.64. The first-order chi connectivity index (χ1) is 12.1. The van der Waals surface area contributed by atoms with Crippen molar-refractivity contribution in [1.82, 2.24) is 10.2 Å². The summed E-state index contributed by atoms with van der Waals surface area (Å²) >= 11 is 8.74. The lowest BCUT2D eigenvalue weighted by Crippen LogP contribution is -2.37. The molecule has 1 amide bonds. The molecule has 0 aliphatic carbocycles. The van der Waals surface area contributed by atoms with Crippen LogP contribution in [-0.2, 0) is 14.8 Å². The van der Waals surface area contributed by atoms with E-state index in [2.05, 4.69) is 29.4 Å². The molecule has 0 saturated carbocycles. The molecule has 142 valence electrons. The zero-order chi connectivity index (χ0) is 19.3. The topological polar surface area (TPSA) is 92.3 Å². The predicted molar refractivity (Wildman–Crippen MR) is 108 cm³/mol. The van der Waals surface area contributed by atoms with Crippen LogP contribution in [-0.4, -0.2) is 43.1 Å². The Hall–Kier alpha value is -1.36. The number of rotatable bonds is 8. The zero-order valence-corrected chi connectivity index (χ0v) is 17.7. The number of anilines is 2. The van der Waals surface area contributed by atoms with Gasteiger partial charge in [-0.05, 0) is 24.1 Å². The number of amides is 1. The van der Waals surface area contributed by atoms with Crippen LogP contribution in [0.1, 0.15) is 13.8 Å². The maximum Gasteiger partial charge on any atom is 0.246 e. The molecule has 0 aliphatic rings. The van der Waals surface area contributed by atoms with E-state index in [4.69, 9.17) is 11.6 Å². The molecule has 0 saturated heterocycles. The van der Waals surface area contributed by atoms with Gasteiger partial charge in [0.15, 0.2) is 4.34 Å². The minimum Gasteiger partial charge on any atom is -0.299 e. The fourth-order valence-electron chi connectivity index (χ4n) is 1.88. The number of carbonyl (C=O) groups is 1. The van der Waals surface area contributed by atoms with Crippen LogP contribution in [0.25, 0.3) is 0 Å². The van der Waals surface area contributed by atoms with Crippen LogP contribution in [0.3, 0.4) is 0 Å². The predicted octanol–water partition coefficient (Wildman–Crippen LogP) is 3.34. The van der Waals surface area contributed by atoms with Crippen LogP contribution < -0.4 is 9.62 Å². The Labute approximate surface area is 166 Å². The minimum absolute atomic E-state index is 0.320. The molecule has 1 heterocycles. The summed E-state index contributed by atoms with van der Waals surface area (Å²) in [6.07, 6.45) is 1.03. The summed E-state index contributed by atoms with van der Waals surface area (Å²) in [5, 5.41) is 11.2. The number of aromatic nitrogens is 2. The summed E-state index contributed by atoms with van der Waals surface area (Å²) in [7, 11) is -3.66. The third kappa shape index (κ3) is 6.42. The summed E-state index contributed by atoms with van der Waals surface area (Å²) in [5.41, 5.74) is 0.320. The molecule has 0 radical (unpaired) electrons. The van der Waals surface area contributed by atoms with Gasteiger partial charge in [0, 0.05) is 10.8 Å². The summed E-state index contributed by atoms with van der Waals surface area (Å²) < 4.78 is 25.9. The molecule has 0 fully saturated rings. The van der Waals surface area contributed by atoms with E-state index >= 15 is 0 Å². The van der Waals surface area contributed by atoms with Crippen LogP contribution in [0.2, 0.25) is 5.02 Å². The third-order valence-electron chi connectivity index (χ3n) is 2.98. The number of nitrogens with zero attached hydrogens (tertiary/aromatic N) is 3. The zero-order valence-electron chi connectivity index (χ0n) is 14.5. The van der Waals surface area contributed by atoms with Crippen molar-refractivity contribution in [2.24, 2.45) is 5.92 Å². The van der Waals surface area contributed by atoms with E-state index < -0.39 is 15.9 Å². The molecule has 1 aromatic carbocycles. The number of benzene rings is 1. The summed E-state index contributed by atoms with van der Waals surface area (Å²) in [6, 6.07) is 6.31. The van der Waals surface area contributed by atoms with Gasteiger partial charge in [-0.2, -0.15) is 0 Å². The molecular formula is C15H19ClN4O3S3. The third-order valence-corrected chi connectivity index (χ3v) is 6.75. The van der Waals surface area contributed by atoms with Crippen LogP contribution in [0, 0.1) is 5.92 Å². The molecule has 0 atom stereocenters. The van der Waals surface area contributed by atoms with E-state index in [1.54, 1.807) is 30.0 Å². The van der Waals surface area contributed by atoms with Crippen molar-refractivity contribution in [2.75, 3.05) is 28.2 Å². The highest BCUT2D eigenvalue weighted by atomic mass is 35.5. The number of carbonyl (C=O) groups excluding carboxylic acids is 1. The Balaban J connectivity index is 2.06. The minimum atomic E-state index is -3.66. The van der Waals surface area contributed by atoms with E-state index in [1.807, 2.05) is 0 Å². The van der Waals surface area contributed by atoms with E-state index in [9.17, 15) is 13.2 Å². The molecule has 2 aromatic rings. The molecule has 0 bridgehead atoms. The first-order valence-corrected chi connectivity index (χ1v) is 11.7. The average Bonchev–Trinajstić information content (AvgIpc) is 2.97. The summed E-state index contributed by atoms with van der Waals surface area (Å²) in [5.74, 6) is 0.911. The second-order valence-electron chi connectivity index (χ2n) is 5.88. The average molecular weight is 435 g/mol. The monoisotopic (exact) mass is 434 g/mol. The number of halogens is 1. The Morgan fingerprint density at radius 1 is 1.38 bits per heavy atom. The lowest BCUT2D eigenvalue weighted by atomic mass is 10.3. The van der Waals surface area contributed by atoms with Gasteiger partial charge in [0.05, 0.1) is 11.9 Å². The SMILES string of the molecule is CC(C)CSc1nnc(NC(=O)CN(c2cccc(Cl)c2)S(C)(=O)=O)s1. The lowest BCUT2D eigenvalue weighted by Gasteiger charge is -2.21. The molecule has 0 spiro atoms. The van der Waals surface area contributed by atoms with Gasteiger partial charge in [0.25, 0.3) is 0 Å². The van der Waals surface area contributed by atoms with Gasteiger partial charge < -0.3 is 0 Å². The van der Waals surface area contributed by atoms with Gasteiger partial charge >= 0.3 is 0 Å². The summed E-state index contributed by atoms with van der Waals surface area (Å²) in [6.45, 7) is 3.83. The summed E-state index contributed by atoms with van der Waals surface area (Å²) in [4.78, 5) is 12.3. The highest BCUT2D eigenvalue weighted by molar-refractivity contribution is 8.01. The molecule has 2 rings (SSSR count). The van der Waals surface area contributed by atoms with Gasteiger partial charge in [-0.25, -0.2) is 8.42 Å². The van der Waals surface area contributed by atoms with Gasteiger partial charge in [0.1, 0.15) is 6.54 Å². The molecule has 1 aromatic heterocycles. The van der Waals surface area contributed by atoms with E-state index in [0.29, 0.717) is 21.8 Å². The van der Waals surface area contributed by atoms with Gasteiger partial charge in [0.2, 0.25) is 21.1 Å². The fourth-order valence-corrected chi connectivity index (χ4v) is 4.65. The van der Waals surface area contributed by atoms with Crippen molar-refractivity contribution in [3.05, 3.63) is 29.3 Å². The number of sulfonamides is 1. The number of nitrogens with one attached hydrogen (secondary N) is 1. The Bertz CT molecular complexity index is 871. The Morgan fingerprint density at radius 2 is 2.12 bits per heavy atom. The Kier molecular flexibility index (Phi) is 7.27. The normalized spacial score (nSPS) is 11.6. The molecule has 26 heavy (non-hydrogen) atoms. The van der Waals surface area contributed by atoms with Crippen LogP contribution >= 0.6 is 34.7 Å². The van der Waals surface area contributed by atoms with Crippen molar-refractivity contribution in [2.45, 2.75) is 18.2 Å². The van der Waals surface area contributed by atoms with Gasteiger partial charge in [-0.15, -0.1) is 10.2 Å². The molecule has 7 nitrogen and oxygen atoms in total. The quantitative estimate of drug-likeness (QED) is 0.506. The lowest BCUT2D eigenvalue weighted by molar-refractivity contribution is -0.114. The second-order valence-corrected chi connectivity index (χ2v) is 10.5. The van der Waals surface area contributed by atoms with E-state index in [1.165, 1.54) is 17.4 Å². The number of hydrogen-bond acceptors (Lipinski definition) is 7. The second kappa shape index (κ2) is 9.03.